The molecule has 0 aliphatic heterocycles. The van der Waals surface area contributed by atoms with Crippen LogP contribution in [0.3, 0.4) is 0 Å². The molecule has 0 bridgehead atoms. The number of carboxylic acid groups (broad SMARTS) is 2. The third kappa shape index (κ3) is 20.9. The SMILES string of the molecule is CCC(=O)O.CCC(=O)O.Ic1ccccc1. The van der Waals surface area contributed by atoms with Crippen LogP contribution < -0.4 is 0 Å². The Hall–Kier alpha value is -1.11. The first-order valence-corrected chi connectivity index (χ1v) is 6.16. The summed E-state index contributed by atoms with van der Waals surface area (Å²) in [6, 6.07) is 10.2. The Morgan fingerprint density at radius 2 is 1.29 bits per heavy atom. The van der Waals surface area contributed by atoms with Crippen LogP contribution >= 0.6 is 22.6 Å². The van der Waals surface area contributed by atoms with Crippen LogP contribution in [0.1, 0.15) is 26.7 Å². The molecule has 0 aromatic heterocycles. The lowest BCUT2D eigenvalue weighted by molar-refractivity contribution is -0.137. The fourth-order valence-corrected chi connectivity index (χ4v) is 0.830. The summed E-state index contributed by atoms with van der Waals surface area (Å²) in [7, 11) is 0. The first-order chi connectivity index (χ1) is 7.93. The maximum absolute atomic E-state index is 9.37. The first-order valence-electron chi connectivity index (χ1n) is 5.08. The zero-order valence-corrected chi connectivity index (χ0v) is 12.0. The number of carboxylic acids is 2. The fraction of sp³-hybridized carbons (Fsp3) is 0.333. The van der Waals surface area contributed by atoms with E-state index in [0.29, 0.717) is 0 Å². The van der Waals surface area contributed by atoms with E-state index in [1.54, 1.807) is 13.8 Å². The molecule has 0 atom stereocenters. The minimum absolute atomic E-state index is 0.222. The molecular weight excluding hydrogens is 335 g/mol. The standard InChI is InChI=1S/C6H5I.2C3H6O2/c7-6-4-2-1-3-5-6;2*1-2-3(4)5/h1-5H;2*2H2,1H3,(H,4,5). The molecule has 5 heteroatoms. The van der Waals surface area contributed by atoms with E-state index in [-0.39, 0.29) is 12.8 Å². The molecular formula is C12H17IO4. The van der Waals surface area contributed by atoms with Crippen LogP contribution in [0, 0.1) is 3.57 Å². The zero-order valence-electron chi connectivity index (χ0n) is 9.89. The van der Waals surface area contributed by atoms with E-state index >= 15 is 0 Å². The molecule has 0 saturated heterocycles. The van der Waals surface area contributed by atoms with E-state index in [0.717, 1.165) is 0 Å². The zero-order chi connectivity index (χ0) is 13.7. The van der Waals surface area contributed by atoms with Gasteiger partial charge < -0.3 is 10.2 Å². The average molecular weight is 352 g/mol. The molecule has 0 aliphatic carbocycles. The van der Waals surface area contributed by atoms with E-state index in [9.17, 15) is 9.59 Å². The number of benzene rings is 1. The van der Waals surface area contributed by atoms with Gasteiger partial charge in [0.1, 0.15) is 0 Å². The quantitative estimate of drug-likeness (QED) is 0.802. The Kier molecular flexibility index (Phi) is 13.9. The maximum Gasteiger partial charge on any atom is 0.303 e. The topological polar surface area (TPSA) is 74.6 Å². The molecule has 1 aromatic carbocycles. The highest BCUT2D eigenvalue weighted by Gasteiger charge is 1.81. The number of aliphatic carboxylic acids is 2. The summed E-state index contributed by atoms with van der Waals surface area (Å²) in [6.45, 7) is 3.20. The van der Waals surface area contributed by atoms with Gasteiger partial charge in [0.05, 0.1) is 0 Å². The summed E-state index contributed by atoms with van der Waals surface area (Å²) < 4.78 is 1.29. The van der Waals surface area contributed by atoms with Crippen LogP contribution in [0.25, 0.3) is 0 Å². The Morgan fingerprint density at radius 1 is 1.00 bits per heavy atom. The van der Waals surface area contributed by atoms with Crippen molar-refractivity contribution in [1.29, 1.82) is 0 Å². The molecule has 1 aromatic rings. The number of carbonyl (C=O) groups is 2. The number of halogens is 1. The van der Waals surface area contributed by atoms with E-state index < -0.39 is 11.9 Å². The Labute approximate surface area is 115 Å². The highest BCUT2D eigenvalue weighted by atomic mass is 127. The third-order valence-electron chi connectivity index (χ3n) is 1.34. The number of rotatable bonds is 2. The molecule has 17 heavy (non-hydrogen) atoms. The van der Waals surface area contributed by atoms with Gasteiger partial charge in [-0.1, -0.05) is 32.0 Å². The van der Waals surface area contributed by atoms with Gasteiger partial charge in [0.2, 0.25) is 0 Å². The lowest BCUT2D eigenvalue weighted by Gasteiger charge is -1.80. The van der Waals surface area contributed by atoms with Crippen LogP contribution in [-0.4, -0.2) is 22.2 Å². The van der Waals surface area contributed by atoms with Gasteiger partial charge >= 0.3 is 11.9 Å². The minimum Gasteiger partial charge on any atom is -0.481 e. The van der Waals surface area contributed by atoms with Crippen molar-refractivity contribution in [1.82, 2.24) is 0 Å². The molecule has 0 saturated carbocycles. The lowest BCUT2D eigenvalue weighted by Crippen LogP contribution is -1.86. The molecule has 0 unspecified atom stereocenters. The predicted molar refractivity (Wildman–Crippen MR) is 75.0 cm³/mol. The monoisotopic (exact) mass is 352 g/mol. The molecule has 0 heterocycles. The second kappa shape index (κ2) is 13.0. The van der Waals surface area contributed by atoms with Crippen molar-refractivity contribution in [2.75, 3.05) is 0 Å². The van der Waals surface area contributed by atoms with Gasteiger partial charge in [-0.25, -0.2) is 0 Å². The van der Waals surface area contributed by atoms with Crippen molar-refractivity contribution in [2.45, 2.75) is 26.7 Å². The highest BCUT2D eigenvalue weighted by molar-refractivity contribution is 14.1. The molecule has 0 aliphatic rings. The summed E-state index contributed by atoms with van der Waals surface area (Å²) in [4.78, 5) is 18.7. The highest BCUT2D eigenvalue weighted by Crippen LogP contribution is 1.99. The largest absolute Gasteiger partial charge is 0.481 e. The van der Waals surface area contributed by atoms with Crippen LogP contribution in [0.2, 0.25) is 0 Å². The van der Waals surface area contributed by atoms with Crippen molar-refractivity contribution in [2.24, 2.45) is 0 Å². The molecule has 0 spiro atoms. The smallest absolute Gasteiger partial charge is 0.303 e. The minimum atomic E-state index is -0.745. The predicted octanol–water partition coefficient (Wildman–Crippen LogP) is 3.25. The van der Waals surface area contributed by atoms with Crippen LogP contribution in [0.5, 0.6) is 0 Å². The Balaban J connectivity index is 0. The molecule has 0 fully saturated rings. The van der Waals surface area contributed by atoms with Gasteiger partial charge in [0, 0.05) is 16.4 Å². The van der Waals surface area contributed by atoms with Crippen molar-refractivity contribution in [3.63, 3.8) is 0 Å². The third-order valence-corrected chi connectivity index (χ3v) is 2.06. The summed E-state index contributed by atoms with van der Waals surface area (Å²) in [6.07, 6.45) is 0.444. The molecule has 1 rings (SSSR count). The fourth-order valence-electron chi connectivity index (χ4n) is 0.415. The van der Waals surface area contributed by atoms with Crippen LogP contribution in [-0.2, 0) is 9.59 Å². The van der Waals surface area contributed by atoms with Gasteiger partial charge in [-0.15, -0.1) is 0 Å². The number of hydrogen-bond acceptors (Lipinski definition) is 2. The maximum atomic E-state index is 9.37. The normalized spacial score (nSPS) is 7.94. The van der Waals surface area contributed by atoms with Crippen molar-refractivity contribution in [3.05, 3.63) is 33.9 Å². The van der Waals surface area contributed by atoms with Crippen LogP contribution in [0.15, 0.2) is 30.3 Å². The second-order valence-electron chi connectivity index (χ2n) is 2.79. The van der Waals surface area contributed by atoms with Crippen molar-refractivity contribution < 1.29 is 19.8 Å². The van der Waals surface area contributed by atoms with Gasteiger partial charge in [0.15, 0.2) is 0 Å². The summed E-state index contributed by atoms with van der Waals surface area (Å²) in [5, 5.41) is 15.4. The van der Waals surface area contributed by atoms with E-state index in [4.69, 9.17) is 10.2 Å². The summed E-state index contributed by atoms with van der Waals surface area (Å²) in [5.74, 6) is -1.49. The van der Waals surface area contributed by atoms with Gasteiger partial charge in [-0.2, -0.15) is 0 Å². The lowest BCUT2D eigenvalue weighted by atomic mass is 10.4. The molecule has 2 N–H and O–H groups in total. The van der Waals surface area contributed by atoms with Crippen LogP contribution in [0.4, 0.5) is 0 Å². The summed E-state index contributed by atoms with van der Waals surface area (Å²) in [5.41, 5.74) is 0. The molecule has 0 amide bonds. The van der Waals surface area contributed by atoms with E-state index in [1.807, 2.05) is 18.2 Å². The van der Waals surface area contributed by atoms with E-state index in [1.165, 1.54) is 3.57 Å². The summed E-state index contributed by atoms with van der Waals surface area (Å²) >= 11 is 2.28. The molecule has 4 nitrogen and oxygen atoms in total. The Morgan fingerprint density at radius 3 is 1.41 bits per heavy atom. The number of hydrogen-bond donors (Lipinski definition) is 2. The van der Waals surface area contributed by atoms with Gasteiger partial charge in [-0.05, 0) is 34.7 Å². The Bertz CT molecular complexity index is 298. The average Bonchev–Trinajstić information content (AvgIpc) is 2.31. The molecule has 96 valence electrons. The van der Waals surface area contributed by atoms with Crippen molar-refractivity contribution in [3.8, 4) is 0 Å². The van der Waals surface area contributed by atoms with Crippen molar-refractivity contribution >= 4 is 34.5 Å². The van der Waals surface area contributed by atoms with Gasteiger partial charge in [0.25, 0.3) is 0 Å². The second-order valence-corrected chi connectivity index (χ2v) is 4.04. The first kappa shape index (κ1) is 18.3. The molecule has 0 radical (unpaired) electrons. The van der Waals surface area contributed by atoms with Gasteiger partial charge in [-0.3, -0.25) is 9.59 Å². The van der Waals surface area contributed by atoms with E-state index in [2.05, 4.69) is 34.7 Å².